The van der Waals surface area contributed by atoms with Crippen molar-refractivity contribution in [2.24, 2.45) is 5.73 Å². The minimum absolute atomic E-state index is 0.00742. The molecule has 19 heteroatoms. The van der Waals surface area contributed by atoms with Crippen LogP contribution in [0.25, 0.3) is 22.3 Å². The molecule has 3 aliphatic rings. The van der Waals surface area contributed by atoms with Crippen molar-refractivity contribution < 1.29 is 53.6 Å². The van der Waals surface area contributed by atoms with Crippen LogP contribution in [0, 0.1) is 0 Å². The molecular formula is C56H70N8O11. The molecule has 19 nitrogen and oxygen atoms in total. The Balaban J connectivity index is 1.09. The lowest BCUT2D eigenvalue weighted by atomic mass is 9.99. The van der Waals surface area contributed by atoms with Gasteiger partial charge in [0.05, 0.1) is 18.8 Å². The molecule has 3 aliphatic heterocycles. The molecule has 0 aliphatic carbocycles. The number of nitrogens with zero attached hydrogens (tertiary/aromatic N) is 2. The summed E-state index contributed by atoms with van der Waals surface area (Å²) in [6.45, 7) is 5.26. The number of amides is 7. The molecule has 0 aromatic heterocycles. The van der Waals surface area contributed by atoms with E-state index in [1.54, 1.807) is 36.4 Å². The van der Waals surface area contributed by atoms with Crippen LogP contribution in [0.5, 0.6) is 11.5 Å². The predicted octanol–water partition coefficient (Wildman–Crippen LogP) is 2.68. The number of phenolic OH excluding ortho intramolecular Hbond substituents is 1. The monoisotopic (exact) mass is 1030 g/mol. The molecule has 6 unspecified atom stereocenters. The molecule has 0 saturated carbocycles. The molecule has 3 fully saturated rings. The van der Waals surface area contributed by atoms with E-state index in [1.165, 1.54) is 30.9 Å². The van der Waals surface area contributed by atoms with Crippen LogP contribution in [0.3, 0.4) is 0 Å². The summed E-state index contributed by atoms with van der Waals surface area (Å²) in [5, 5.41) is 45.2. The zero-order chi connectivity index (χ0) is 53.8. The highest BCUT2D eigenvalue weighted by atomic mass is 16.5. The van der Waals surface area contributed by atoms with Gasteiger partial charge in [-0.15, -0.1) is 0 Å². The smallest absolute Gasteiger partial charge is 0.251 e. The summed E-state index contributed by atoms with van der Waals surface area (Å²) in [5.41, 5.74) is 11.0. The van der Waals surface area contributed by atoms with Gasteiger partial charge >= 0.3 is 0 Å². The number of rotatable bonds is 13. The van der Waals surface area contributed by atoms with Crippen LogP contribution in [0.1, 0.15) is 88.1 Å². The number of carbonyl (C=O) groups excluding carboxylic acids is 7. The lowest BCUT2D eigenvalue weighted by Gasteiger charge is -2.31. The van der Waals surface area contributed by atoms with Gasteiger partial charge < -0.3 is 62.2 Å². The van der Waals surface area contributed by atoms with Crippen molar-refractivity contribution in [1.29, 1.82) is 0 Å². The molecule has 9 atom stereocenters. The molecule has 0 radical (unpaired) electrons. The largest absolute Gasteiger partial charge is 0.508 e. The molecule has 3 saturated heterocycles. The molecule has 400 valence electrons. The van der Waals surface area contributed by atoms with Crippen LogP contribution >= 0.6 is 0 Å². The van der Waals surface area contributed by atoms with Crippen LogP contribution in [0.15, 0.2) is 97.1 Å². The third-order valence-corrected chi connectivity index (χ3v) is 14.0. The first-order valence-corrected chi connectivity index (χ1v) is 25.9. The van der Waals surface area contributed by atoms with E-state index in [0.29, 0.717) is 6.61 Å². The molecule has 3 heterocycles. The Bertz CT molecular complexity index is 2630. The summed E-state index contributed by atoms with van der Waals surface area (Å²) < 4.78 is 5.86. The number of hydrogen-bond acceptors (Lipinski definition) is 12. The Hall–Kier alpha value is -7.35. The van der Waals surface area contributed by atoms with Crippen molar-refractivity contribution in [2.45, 2.75) is 133 Å². The van der Waals surface area contributed by atoms with Crippen molar-refractivity contribution in [3.05, 3.63) is 108 Å². The van der Waals surface area contributed by atoms with Crippen LogP contribution < -0.4 is 37.1 Å². The van der Waals surface area contributed by atoms with E-state index in [1.807, 2.05) is 48.5 Å². The Morgan fingerprint density at radius 2 is 1.35 bits per heavy atom. The van der Waals surface area contributed by atoms with Gasteiger partial charge in [-0.25, -0.2) is 0 Å². The molecule has 0 spiro atoms. The summed E-state index contributed by atoms with van der Waals surface area (Å²) >= 11 is 0. The summed E-state index contributed by atoms with van der Waals surface area (Å²) in [4.78, 5) is 101. The van der Waals surface area contributed by atoms with Crippen LogP contribution in [0.4, 0.5) is 0 Å². The number of ether oxygens (including phenoxy) is 1. The van der Waals surface area contributed by atoms with Gasteiger partial charge in [0.25, 0.3) is 5.91 Å². The number of fused-ring (bicyclic) bond motifs is 2. The maximum absolute atomic E-state index is 14.4. The normalized spacial score (nSPS) is 24.7. The quantitative estimate of drug-likeness (QED) is 0.0875. The molecule has 75 heavy (non-hydrogen) atoms. The highest BCUT2D eigenvalue weighted by Crippen LogP contribution is 2.28. The van der Waals surface area contributed by atoms with Crippen LogP contribution in [-0.4, -0.2) is 147 Å². The lowest BCUT2D eigenvalue weighted by Crippen LogP contribution is -2.60. The lowest BCUT2D eigenvalue weighted by molar-refractivity contribution is -0.144. The number of benzene rings is 4. The van der Waals surface area contributed by atoms with Crippen LogP contribution in [0.2, 0.25) is 0 Å². The zero-order valence-electron chi connectivity index (χ0n) is 42.7. The van der Waals surface area contributed by atoms with E-state index in [-0.39, 0.29) is 69.5 Å². The van der Waals surface area contributed by atoms with Gasteiger partial charge in [0.15, 0.2) is 0 Å². The van der Waals surface area contributed by atoms with Gasteiger partial charge in [-0.3, -0.25) is 33.6 Å². The number of phenols is 1. The first-order chi connectivity index (χ1) is 36.0. The SMILES string of the molecule is CCCCCOc1ccc(-c2ccc(-c3ccc(C(=O)N[C@H]4CCCNC(=O)C5C[C@H](N)CN5C(=O)C(C)NC(=O)C(CCc5ccc(O)cc5)NC(=O)C5C[C@@H](O)CN5C(=O)C(C(C)O)NC4=O)cc3)cc2)cc1. The second-order valence-electron chi connectivity index (χ2n) is 19.8. The number of nitrogens with two attached hydrogens (primary N) is 1. The average molecular weight is 1030 g/mol. The number of carbonyl (C=O) groups is 7. The predicted molar refractivity (Wildman–Crippen MR) is 280 cm³/mol. The standard InChI is InChI=1S/C56H70N8O11/c1-4-5-6-28-75-44-24-20-39(21-25-44)37-14-12-36(13-15-37)38-16-18-40(19-17-38)50(68)60-45-8-7-27-58-53(71)47-29-41(57)31-63(47)55(73)33(2)59-51(69)46(26-11-35-9-22-42(66)23-10-35)61-54(72)48-30-43(67)32-64(48)56(74)49(34(3)65)62-52(45)70/h9-10,12-25,33-34,41,43,45-49,65-67H,4-8,11,26-32,57H2,1-3H3,(H,58,71)(H,59,69)(H,60,68)(H,61,72)(H,62,70)/t33?,34?,41-,43+,45-,46?,47?,48?,49?/m0/s1. The Kier molecular flexibility index (Phi) is 19.0. The first-order valence-electron chi connectivity index (χ1n) is 25.9. The van der Waals surface area contributed by atoms with Crippen molar-refractivity contribution in [2.75, 3.05) is 26.2 Å². The number of hydrogen-bond donors (Lipinski definition) is 9. The van der Waals surface area contributed by atoms with E-state index in [9.17, 15) is 48.9 Å². The fourth-order valence-electron chi connectivity index (χ4n) is 9.72. The maximum atomic E-state index is 14.4. The van der Waals surface area contributed by atoms with Gasteiger partial charge in [-0.05, 0) is 117 Å². The molecule has 4 aromatic carbocycles. The fraction of sp³-hybridized carbons (Fsp3) is 0.446. The topological polar surface area (TPSA) is 282 Å². The zero-order valence-corrected chi connectivity index (χ0v) is 42.7. The minimum atomic E-state index is -1.65. The van der Waals surface area contributed by atoms with E-state index in [4.69, 9.17) is 10.5 Å². The van der Waals surface area contributed by atoms with Gasteiger partial charge in [0, 0.05) is 37.7 Å². The second kappa shape index (κ2) is 25.7. The molecule has 4 aromatic rings. The average Bonchev–Trinajstić information content (AvgIpc) is 4.01. The minimum Gasteiger partial charge on any atom is -0.508 e. The third kappa shape index (κ3) is 14.5. The first kappa shape index (κ1) is 55.4. The van der Waals surface area contributed by atoms with Crippen molar-refractivity contribution in [3.8, 4) is 33.8 Å². The second-order valence-corrected chi connectivity index (χ2v) is 19.8. The molecule has 10 N–H and O–H groups in total. The van der Waals surface area contributed by atoms with Crippen molar-refractivity contribution in [1.82, 2.24) is 36.4 Å². The highest BCUT2D eigenvalue weighted by Gasteiger charge is 2.45. The highest BCUT2D eigenvalue weighted by molar-refractivity contribution is 6.00. The summed E-state index contributed by atoms with van der Waals surface area (Å²) in [6, 6.07) is 20.7. The Morgan fingerprint density at radius 1 is 0.747 bits per heavy atom. The molecule has 0 bridgehead atoms. The maximum Gasteiger partial charge on any atom is 0.251 e. The molecule has 7 rings (SSSR count). The molecular weight excluding hydrogens is 961 g/mol. The number of aliphatic hydroxyl groups excluding tert-OH is 2. The van der Waals surface area contributed by atoms with E-state index in [0.717, 1.165) is 57.7 Å². The Morgan fingerprint density at radius 3 is 1.97 bits per heavy atom. The summed E-state index contributed by atoms with van der Waals surface area (Å²) in [7, 11) is 0. The number of aromatic hydroxyl groups is 1. The van der Waals surface area contributed by atoms with Gasteiger partial charge in [-0.2, -0.15) is 0 Å². The number of aryl methyl sites for hydroxylation is 1. The summed E-state index contributed by atoms with van der Waals surface area (Å²) in [5.74, 6) is -4.15. The number of unbranched alkanes of at least 4 members (excludes halogenated alkanes) is 2. The Labute approximate surface area is 436 Å². The number of aliphatic hydroxyl groups is 2. The van der Waals surface area contributed by atoms with Gasteiger partial charge in [-0.1, -0.05) is 80.4 Å². The van der Waals surface area contributed by atoms with E-state index in [2.05, 4.69) is 33.5 Å². The van der Waals surface area contributed by atoms with Gasteiger partial charge in [0.2, 0.25) is 35.4 Å². The van der Waals surface area contributed by atoms with E-state index >= 15 is 0 Å². The van der Waals surface area contributed by atoms with Crippen LogP contribution in [-0.2, 0) is 35.2 Å². The van der Waals surface area contributed by atoms with Crippen molar-refractivity contribution in [3.63, 3.8) is 0 Å². The third-order valence-electron chi connectivity index (χ3n) is 14.0. The van der Waals surface area contributed by atoms with Gasteiger partial charge in [0.1, 0.15) is 47.8 Å². The summed E-state index contributed by atoms with van der Waals surface area (Å²) in [6.07, 6.45) is 0.796. The fourth-order valence-corrected chi connectivity index (χ4v) is 9.72. The van der Waals surface area contributed by atoms with E-state index < -0.39 is 95.9 Å². The number of nitrogens with one attached hydrogen (secondary N) is 5. The van der Waals surface area contributed by atoms with Crippen molar-refractivity contribution >= 4 is 41.4 Å². The molecule has 7 amide bonds.